The predicted octanol–water partition coefficient (Wildman–Crippen LogP) is 3.48. The normalized spacial score (nSPS) is 20.7. The SMILES string of the molecule is C/C=C(/CCN1CCOCC1)c1scc(C(=O)NCC2C(=O)N=C(C)C=C2C)c1C. The number of allylic oxidation sites excluding steroid dienone is 2. The molecule has 1 unspecified atom stereocenters. The van der Waals surface area contributed by atoms with E-state index in [1.807, 2.05) is 32.2 Å². The first-order valence-electron chi connectivity index (χ1n) is 10.5. The first kappa shape index (κ1) is 22.6. The van der Waals surface area contributed by atoms with Gasteiger partial charge in [-0.2, -0.15) is 0 Å². The van der Waals surface area contributed by atoms with Crippen LogP contribution in [0.2, 0.25) is 0 Å². The Labute approximate surface area is 182 Å². The Bertz CT molecular complexity index is 892. The van der Waals surface area contributed by atoms with Crippen LogP contribution in [0, 0.1) is 12.8 Å². The lowest BCUT2D eigenvalue weighted by molar-refractivity contribution is -0.120. The van der Waals surface area contributed by atoms with Gasteiger partial charge in [-0.05, 0) is 51.3 Å². The Hall–Kier alpha value is -2.09. The molecule has 1 atom stereocenters. The molecular formula is C23H31N3O3S. The van der Waals surface area contributed by atoms with Gasteiger partial charge in [0.05, 0.1) is 24.7 Å². The Kier molecular flexibility index (Phi) is 7.75. The maximum absolute atomic E-state index is 12.8. The van der Waals surface area contributed by atoms with Crippen molar-refractivity contribution in [2.24, 2.45) is 10.9 Å². The molecule has 3 heterocycles. The van der Waals surface area contributed by atoms with Crippen molar-refractivity contribution in [3.63, 3.8) is 0 Å². The molecule has 6 nitrogen and oxygen atoms in total. The topological polar surface area (TPSA) is 71.0 Å². The second-order valence-corrected chi connectivity index (χ2v) is 8.74. The number of aliphatic imine (C=N–C) groups is 1. The van der Waals surface area contributed by atoms with E-state index in [2.05, 4.69) is 28.2 Å². The number of carbonyl (C=O) groups excluding carboxylic acids is 2. The number of nitrogens with zero attached hydrogens (tertiary/aromatic N) is 2. The minimum absolute atomic E-state index is 0.134. The quantitative estimate of drug-likeness (QED) is 0.720. The lowest BCUT2D eigenvalue weighted by atomic mass is 9.95. The zero-order valence-corrected chi connectivity index (χ0v) is 19.1. The summed E-state index contributed by atoms with van der Waals surface area (Å²) in [6.45, 7) is 12.6. The van der Waals surface area contributed by atoms with E-state index >= 15 is 0 Å². The van der Waals surface area contributed by atoms with E-state index in [1.165, 1.54) is 10.5 Å². The van der Waals surface area contributed by atoms with E-state index in [1.54, 1.807) is 11.3 Å². The van der Waals surface area contributed by atoms with Gasteiger partial charge < -0.3 is 10.1 Å². The van der Waals surface area contributed by atoms with Crippen molar-refractivity contribution in [2.45, 2.75) is 34.1 Å². The molecule has 2 aliphatic heterocycles. The number of hydrogen-bond donors (Lipinski definition) is 1. The number of ether oxygens (including phenoxy) is 1. The zero-order chi connectivity index (χ0) is 21.7. The molecule has 1 saturated heterocycles. The van der Waals surface area contributed by atoms with Crippen molar-refractivity contribution in [3.05, 3.63) is 39.1 Å². The standard InChI is InChI=1S/C23H31N3O3S/c1-5-18(6-7-26-8-10-29-11-9-26)21-17(4)20(14-30-21)22(27)24-13-19-15(2)12-16(3)25-23(19)28/h5,12,14,19H,6-11,13H2,1-4H3,(H,24,27)/b18-5-. The molecule has 1 fully saturated rings. The van der Waals surface area contributed by atoms with E-state index in [-0.39, 0.29) is 24.3 Å². The molecule has 30 heavy (non-hydrogen) atoms. The molecule has 7 heteroatoms. The van der Waals surface area contributed by atoms with E-state index in [0.717, 1.165) is 50.4 Å². The average Bonchev–Trinajstić information content (AvgIpc) is 3.10. The number of nitrogens with one attached hydrogen (secondary N) is 1. The van der Waals surface area contributed by atoms with Gasteiger partial charge >= 0.3 is 0 Å². The molecule has 1 aromatic rings. The molecule has 1 N–H and O–H groups in total. The molecule has 2 aliphatic rings. The fourth-order valence-electron chi connectivity index (χ4n) is 3.90. The van der Waals surface area contributed by atoms with Crippen LogP contribution in [0.4, 0.5) is 0 Å². The van der Waals surface area contributed by atoms with E-state index in [0.29, 0.717) is 11.3 Å². The van der Waals surface area contributed by atoms with Crippen molar-refractivity contribution >= 4 is 34.4 Å². The first-order valence-corrected chi connectivity index (χ1v) is 11.4. The molecule has 0 spiro atoms. The fourth-order valence-corrected chi connectivity index (χ4v) is 5.07. The second-order valence-electron chi connectivity index (χ2n) is 7.86. The number of carbonyl (C=O) groups is 2. The number of hydrogen-bond acceptors (Lipinski definition) is 5. The van der Waals surface area contributed by atoms with Gasteiger partial charge in [-0.3, -0.25) is 14.5 Å². The number of morpholine rings is 1. The third kappa shape index (κ3) is 5.33. The van der Waals surface area contributed by atoms with Gasteiger partial charge in [-0.1, -0.05) is 11.6 Å². The van der Waals surface area contributed by atoms with E-state index in [4.69, 9.17) is 4.74 Å². The maximum Gasteiger partial charge on any atom is 0.254 e. The minimum Gasteiger partial charge on any atom is -0.379 e. The summed E-state index contributed by atoms with van der Waals surface area (Å²) in [6.07, 6.45) is 5.01. The summed E-state index contributed by atoms with van der Waals surface area (Å²) in [5.41, 5.74) is 4.62. The predicted molar refractivity (Wildman–Crippen MR) is 122 cm³/mol. The van der Waals surface area contributed by atoms with Gasteiger partial charge in [0.25, 0.3) is 11.8 Å². The number of dihydropyridines is 1. The van der Waals surface area contributed by atoms with Gasteiger partial charge in [0.15, 0.2) is 0 Å². The molecule has 0 bridgehead atoms. The average molecular weight is 430 g/mol. The summed E-state index contributed by atoms with van der Waals surface area (Å²) < 4.78 is 5.42. The van der Waals surface area contributed by atoms with Crippen LogP contribution in [0.15, 0.2) is 28.1 Å². The summed E-state index contributed by atoms with van der Waals surface area (Å²) in [5, 5.41) is 4.86. The minimum atomic E-state index is -0.379. The molecule has 3 rings (SSSR count). The van der Waals surface area contributed by atoms with E-state index in [9.17, 15) is 9.59 Å². The zero-order valence-electron chi connectivity index (χ0n) is 18.3. The third-order valence-corrected chi connectivity index (χ3v) is 6.92. The van der Waals surface area contributed by atoms with Crippen LogP contribution in [0.1, 0.15) is 48.0 Å². The van der Waals surface area contributed by atoms with Gasteiger partial charge in [0.1, 0.15) is 0 Å². The van der Waals surface area contributed by atoms with Crippen LogP contribution in [-0.2, 0) is 9.53 Å². The van der Waals surface area contributed by atoms with Crippen molar-refractivity contribution in [3.8, 4) is 0 Å². The van der Waals surface area contributed by atoms with Crippen LogP contribution in [0.3, 0.4) is 0 Å². The highest BCUT2D eigenvalue weighted by molar-refractivity contribution is 7.11. The summed E-state index contributed by atoms with van der Waals surface area (Å²) in [5.74, 6) is -0.698. The number of rotatable bonds is 7. The molecule has 162 valence electrons. The Morgan fingerprint density at radius 1 is 1.33 bits per heavy atom. The molecule has 0 aromatic carbocycles. The highest BCUT2D eigenvalue weighted by Gasteiger charge is 2.25. The first-order chi connectivity index (χ1) is 14.4. The van der Waals surface area contributed by atoms with Crippen molar-refractivity contribution in [1.82, 2.24) is 10.2 Å². The smallest absolute Gasteiger partial charge is 0.254 e. The van der Waals surface area contributed by atoms with Gasteiger partial charge in [-0.25, -0.2) is 4.99 Å². The maximum atomic E-state index is 12.8. The number of amides is 2. The molecular weight excluding hydrogens is 398 g/mol. The monoisotopic (exact) mass is 429 g/mol. The van der Waals surface area contributed by atoms with Crippen LogP contribution < -0.4 is 5.32 Å². The Morgan fingerprint density at radius 3 is 2.73 bits per heavy atom. The largest absolute Gasteiger partial charge is 0.379 e. The summed E-state index contributed by atoms with van der Waals surface area (Å²) in [6, 6.07) is 0. The van der Waals surface area contributed by atoms with Crippen LogP contribution in [0.5, 0.6) is 0 Å². The van der Waals surface area contributed by atoms with Crippen LogP contribution >= 0.6 is 11.3 Å². The van der Waals surface area contributed by atoms with Gasteiger partial charge in [0, 0.05) is 42.1 Å². The van der Waals surface area contributed by atoms with Crippen molar-refractivity contribution in [2.75, 3.05) is 39.4 Å². The lowest BCUT2D eigenvalue weighted by Crippen LogP contribution is -2.36. The van der Waals surface area contributed by atoms with Gasteiger partial charge in [-0.15, -0.1) is 11.3 Å². The molecule has 1 aromatic heterocycles. The van der Waals surface area contributed by atoms with Gasteiger partial charge in [0.2, 0.25) is 0 Å². The molecule has 0 radical (unpaired) electrons. The van der Waals surface area contributed by atoms with E-state index < -0.39 is 0 Å². The van der Waals surface area contributed by atoms with Crippen LogP contribution in [-0.4, -0.2) is 61.8 Å². The molecule has 0 saturated carbocycles. The third-order valence-electron chi connectivity index (χ3n) is 5.76. The highest BCUT2D eigenvalue weighted by Crippen LogP contribution is 2.31. The Morgan fingerprint density at radius 2 is 2.07 bits per heavy atom. The van der Waals surface area contributed by atoms with Crippen molar-refractivity contribution in [1.29, 1.82) is 0 Å². The summed E-state index contributed by atoms with van der Waals surface area (Å²) in [4.78, 5) is 32.6. The fraction of sp³-hybridized carbons (Fsp3) is 0.522. The molecule has 2 amide bonds. The van der Waals surface area contributed by atoms with Crippen LogP contribution in [0.25, 0.3) is 5.57 Å². The Balaban J connectivity index is 1.61. The summed E-state index contributed by atoms with van der Waals surface area (Å²) in [7, 11) is 0. The number of thiophene rings is 1. The summed E-state index contributed by atoms with van der Waals surface area (Å²) >= 11 is 1.61. The lowest BCUT2D eigenvalue weighted by Gasteiger charge is -2.26. The second kappa shape index (κ2) is 10.3. The highest BCUT2D eigenvalue weighted by atomic mass is 32.1. The molecule has 0 aliphatic carbocycles. The van der Waals surface area contributed by atoms with Crippen molar-refractivity contribution < 1.29 is 14.3 Å².